The zero-order chi connectivity index (χ0) is 18.4. The van der Waals surface area contributed by atoms with Crippen LogP contribution in [0.3, 0.4) is 0 Å². The normalized spacial score (nSPS) is 22.4. The van der Waals surface area contributed by atoms with Crippen molar-refractivity contribution in [1.82, 2.24) is 29.4 Å². The summed E-state index contributed by atoms with van der Waals surface area (Å²) in [7, 11) is 3.58. The highest BCUT2D eigenvalue weighted by Gasteiger charge is 2.41. The molecule has 2 aromatic heterocycles. The van der Waals surface area contributed by atoms with E-state index in [4.69, 9.17) is 4.74 Å². The van der Waals surface area contributed by atoms with Crippen LogP contribution in [0.2, 0.25) is 0 Å². The fourth-order valence-electron chi connectivity index (χ4n) is 4.13. The molecule has 0 aromatic carbocycles. The number of methoxy groups -OCH3 is 1. The first-order valence-electron chi connectivity index (χ1n) is 9.29. The Bertz CT molecular complexity index is 824. The third-order valence-corrected chi connectivity index (χ3v) is 5.52. The van der Waals surface area contributed by atoms with Crippen LogP contribution in [0.4, 0.5) is 0 Å². The van der Waals surface area contributed by atoms with E-state index in [0.717, 1.165) is 43.1 Å². The van der Waals surface area contributed by atoms with Crippen LogP contribution in [0, 0.1) is 0 Å². The summed E-state index contributed by atoms with van der Waals surface area (Å²) in [5.74, 6) is 2.15. The van der Waals surface area contributed by atoms with Gasteiger partial charge >= 0.3 is 0 Å². The first-order valence-corrected chi connectivity index (χ1v) is 9.29. The topological polar surface area (TPSA) is 78.1 Å². The summed E-state index contributed by atoms with van der Waals surface area (Å²) in [6.45, 7) is 5.68. The number of hydrogen-bond donors (Lipinski definition) is 0. The summed E-state index contributed by atoms with van der Waals surface area (Å²) in [5, 5.41) is 13.2. The lowest BCUT2D eigenvalue weighted by molar-refractivity contribution is 0.0676. The minimum atomic E-state index is -0.115. The van der Waals surface area contributed by atoms with Crippen molar-refractivity contribution in [3.8, 4) is 0 Å². The Morgan fingerprint density at radius 3 is 2.85 bits per heavy atom. The fraction of sp³-hybridized carbons (Fsp3) is 0.667. The third kappa shape index (κ3) is 2.72. The van der Waals surface area contributed by atoms with Crippen molar-refractivity contribution in [3.05, 3.63) is 29.1 Å². The molecule has 0 spiro atoms. The largest absolute Gasteiger partial charge is 0.380 e. The van der Waals surface area contributed by atoms with E-state index in [1.165, 1.54) is 0 Å². The smallest absolute Gasteiger partial charge is 0.275 e. The standard InChI is InChI=1S/C18H26N6O2/c1-11(2)14-9-13(21-22(14)3)18(25)24-10-12(26-4)8-15(24)17-20-19-16-6-5-7-23(16)17/h9,11-12,15H,5-8,10H2,1-4H3/t12-,15+/m1/s1. The fourth-order valence-corrected chi connectivity index (χ4v) is 4.13. The van der Waals surface area contributed by atoms with Gasteiger partial charge in [0.25, 0.3) is 5.91 Å². The Kier molecular flexibility index (Phi) is 4.30. The molecule has 2 aliphatic heterocycles. The van der Waals surface area contributed by atoms with E-state index in [2.05, 4.69) is 33.7 Å². The first kappa shape index (κ1) is 17.2. The van der Waals surface area contributed by atoms with Crippen molar-refractivity contribution in [2.75, 3.05) is 13.7 Å². The lowest BCUT2D eigenvalue weighted by atomic mass is 10.1. The molecule has 0 aliphatic carbocycles. The van der Waals surface area contributed by atoms with Gasteiger partial charge in [0.05, 0.1) is 12.1 Å². The van der Waals surface area contributed by atoms with Gasteiger partial charge in [-0.15, -0.1) is 10.2 Å². The number of ether oxygens (including phenoxy) is 1. The number of carbonyl (C=O) groups excluding carboxylic acids is 1. The van der Waals surface area contributed by atoms with Crippen LogP contribution >= 0.6 is 0 Å². The zero-order valence-electron chi connectivity index (χ0n) is 15.8. The maximum atomic E-state index is 13.2. The van der Waals surface area contributed by atoms with E-state index >= 15 is 0 Å². The predicted molar refractivity (Wildman–Crippen MR) is 94.8 cm³/mol. The number of rotatable bonds is 4. The van der Waals surface area contributed by atoms with Crippen LogP contribution in [0.15, 0.2) is 6.07 Å². The van der Waals surface area contributed by atoms with Crippen LogP contribution in [0.1, 0.15) is 66.5 Å². The lowest BCUT2D eigenvalue weighted by Gasteiger charge is -2.23. The molecule has 2 atom stereocenters. The van der Waals surface area contributed by atoms with Crippen LogP contribution < -0.4 is 0 Å². The minimum absolute atomic E-state index is 0.00610. The van der Waals surface area contributed by atoms with Crippen molar-refractivity contribution in [1.29, 1.82) is 0 Å². The maximum Gasteiger partial charge on any atom is 0.275 e. The summed E-state index contributed by atoms with van der Waals surface area (Å²) in [5.41, 5.74) is 1.54. The highest BCUT2D eigenvalue weighted by molar-refractivity contribution is 5.93. The van der Waals surface area contributed by atoms with Gasteiger partial charge in [0.2, 0.25) is 0 Å². The number of fused-ring (bicyclic) bond motifs is 1. The molecule has 26 heavy (non-hydrogen) atoms. The Morgan fingerprint density at radius 1 is 1.35 bits per heavy atom. The summed E-state index contributed by atoms with van der Waals surface area (Å²) in [4.78, 5) is 15.1. The van der Waals surface area contributed by atoms with E-state index in [1.54, 1.807) is 11.8 Å². The van der Waals surface area contributed by atoms with Gasteiger partial charge in [-0.2, -0.15) is 5.10 Å². The van der Waals surface area contributed by atoms with Gasteiger partial charge in [-0.05, 0) is 18.4 Å². The van der Waals surface area contributed by atoms with Crippen molar-refractivity contribution in [3.63, 3.8) is 0 Å². The number of likely N-dealkylation sites (tertiary alicyclic amines) is 1. The molecule has 4 rings (SSSR count). The molecule has 1 amide bonds. The summed E-state index contributed by atoms with van der Waals surface area (Å²) in [6, 6.07) is 1.79. The molecule has 0 radical (unpaired) electrons. The van der Waals surface area contributed by atoms with Crippen LogP contribution in [-0.2, 0) is 24.8 Å². The minimum Gasteiger partial charge on any atom is -0.380 e. The molecule has 4 heterocycles. The van der Waals surface area contributed by atoms with Gasteiger partial charge in [0.15, 0.2) is 11.5 Å². The van der Waals surface area contributed by atoms with Gasteiger partial charge in [-0.3, -0.25) is 9.48 Å². The number of aromatic nitrogens is 5. The van der Waals surface area contributed by atoms with E-state index in [9.17, 15) is 4.79 Å². The molecule has 2 aromatic rings. The molecular formula is C18H26N6O2. The Balaban J connectivity index is 1.66. The highest BCUT2D eigenvalue weighted by Crippen LogP contribution is 2.35. The Hall–Kier alpha value is -2.22. The van der Waals surface area contributed by atoms with Crippen molar-refractivity contribution in [2.24, 2.45) is 7.05 Å². The molecule has 140 valence electrons. The number of aryl methyl sites for hydroxylation is 2. The van der Waals surface area contributed by atoms with E-state index in [0.29, 0.717) is 18.2 Å². The monoisotopic (exact) mass is 358 g/mol. The van der Waals surface area contributed by atoms with Gasteiger partial charge in [-0.1, -0.05) is 13.8 Å². The van der Waals surface area contributed by atoms with Crippen molar-refractivity contribution in [2.45, 2.75) is 57.7 Å². The Labute approximate surface area is 153 Å². The molecule has 8 heteroatoms. The summed E-state index contributed by atoms with van der Waals surface area (Å²) in [6.07, 6.45) is 2.79. The molecule has 8 nitrogen and oxygen atoms in total. The van der Waals surface area contributed by atoms with Gasteiger partial charge < -0.3 is 14.2 Å². The van der Waals surface area contributed by atoms with Gasteiger partial charge in [0.1, 0.15) is 5.82 Å². The second kappa shape index (κ2) is 6.50. The van der Waals surface area contributed by atoms with Crippen LogP contribution in [0.5, 0.6) is 0 Å². The molecule has 2 aliphatic rings. The SMILES string of the molecule is CO[C@@H]1C[C@@H](c2nnc3n2CCC3)N(C(=O)c2cc(C(C)C)n(C)n2)C1. The van der Waals surface area contributed by atoms with Gasteiger partial charge in [-0.25, -0.2) is 0 Å². The molecule has 0 N–H and O–H groups in total. The second-order valence-electron chi connectivity index (χ2n) is 7.53. The van der Waals surface area contributed by atoms with Crippen molar-refractivity contribution < 1.29 is 9.53 Å². The maximum absolute atomic E-state index is 13.2. The molecule has 0 bridgehead atoms. The average Bonchev–Trinajstić information content (AvgIpc) is 3.36. The molecule has 0 unspecified atom stereocenters. The quantitative estimate of drug-likeness (QED) is 0.831. The van der Waals surface area contributed by atoms with Crippen LogP contribution in [-0.4, -0.2) is 55.1 Å². The van der Waals surface area contributed by atoms with E-state index in [-0.39, 0.29) is 18.1 Å². The first-order chi connectivity index (χ1) is 12.5. The third-order valence-electron chi connectivity index (χ3n) is 5.52. The second-order valence-corrected chi connectivity index (χ2v) is 7.53. The summed E-state index contributed by atoms with van der Waals surface area (Å²) >= 11 is 0. The van der Waals surface area contributed by atoms with Crippen LogP contribution in [0.25, 0.3) is 0 Å². The van der Waals surface area contributed by atoms with Gasteiger partial charge in [0, 0.05) is 45.8 Å². The number of carbonyl (C=O) groups is 1. The lowest BCUT2D eigenvalue weighted by Crippen LogP contribution is -2.33. The van der Waals surface area contributed by atoms with E-state index in [1.807, 2.05) is 18.0 Å². The highest BCUT2D eigenvalue weighted by atomic mass is 16.5. The number of amides is 1. The predicted octanol–water partition coefficient (Wildman–Crippen LogP) is 1.68. The number of nitrogens with zero attached hydrogens (tertiary/aromatic N) is 6. The number of hydrogen-bond acceptors (Lipinski definition) is 5. The Morgan fingerprint density at radius 2 is 2.15 bits per heavy atom. The molecule has 1 fully saturated rings. The van der Waals surface area contributed by atoms with E-state index < -0.39 is 0 Å². The average molecular weight is 358 g/mol. The zero-order valence-corrected chi connectivity index (χ0v) is 15.8. The summed E-state index contributed by atoms with van der Waals surface area (Å²) < 4.78 is 9.53. The van der Waals surface area contributed by atoms with Crippen molar-refractivity contribution >= 4 is 5.91 Å². The molecule has 1 saturated heterocycles. The molecular weight excluding hydrogens is 332 g/mol. The molecule has 0 saturated carbocycles.